The molecule has 0 aliphatic rings. The first kappa shape index (κ1) is 18.3. The summed E-state index contributed by atoms with van der Waals surface area (Å²) in [6, 6.07) is 14.1. The number of imidazole rings is 1. The molecule has 0 radical (unpaired) electrons. The van der Waals surface area contributed by atoms with E-state index in [0.29, 0.717) is 40.1 Å². The Morgan fingerprint density at radius 1 is 1.00 bits per heavy atom. The zero-order valence-electron chi connectivity index (χ0n) is 15.7. The minimum atomic E-state index is -0.301. The highest BCUT2D eigenvalue weighted by Crippen LogP contribution is 2.33. The highest BCUT2D eigenvalue weighted by molar-refractivity contribution is 6.30. The average Bonchev–Trinajstić information content (AvgIpc) is 3.35. The van der Waals surface area contributed by atoms with Crippen LogP contribution in [0, 0.1) is 5.82 Å². The minimum absolute atomic E-state index is 0.301. The summed E-state index contributed by atoms with van der Waals surface area (Å²) in [7, 11) is 0. The summed E-state index contributed by atoms with van der Waals surface area (Å²) < 4.78 is 16.0. The summed E-state index contributed by atoms with van der Waals surface area (Å²) >= 11 is 6.03. The van der Waals surface area contributed by atoms with E-state index in [1.165, 1.54) is 12.4 Å². The van der Waals surface area contributed by atoms with Crippen LogP contribution in [0.25, 0.3) is 33.4 Å². The Morgan fingerprint density at radius 3 is 2.60 bits per heavy atom. The van der Waals surface area contributed by atoms with Gasteiger partial charge in [0, 0.05) is 22.3 Å². The summed E-state index contributed by atoms with van der Waals surface area (Å²) in [6.07, 6.45) is 5.03. The maximum atomic E-state index is 14.1. The monoisotopic (exact) mass is 418 g/mol. The highest BCUT2D eigenvalue weighted by Gasteiger charge is 2.16. The number of H-pyrrole nitrogens is 1. The van der Waals surface area contributed by atoms with Crippen molar-refractivity contribution in [3.63, 3.8) is 0 Å². The first-order chi connectivity index (χ1) is 14.6. The molecule has 0 saturated heterocycles. The van der Waals surface area contributed by atoms with E-state index in [1.54, 1.807) is 24.4 Å². The lowest BCUT2D eigenvalue weighted by atomic mass is 10.1. The van der Waals surface area contributed by atoms with Gasteiger partial charge in [0.25, 0.3) is 0 Å². The molecule has 0 aliphatic heterocycles. The second kappa shape index (κ2) is 7.27. The minimum Gasteiger partial charge on any atom is -0.383 e. The van der Waals surface area contributed by atoms with Gasteiger partial charge in [0.1, 0.15) is 29.4 Å². The van der Waals surface area contributed by atoms with Crippen LogP contribution < -0.4 is 5.73 Å². The Kier molecular flexibility index (Phi) is 4.44. The number of aromatic nitrogens is 5. The maximum absolute atomic E-state index is 14.1. The molecule has 2 aromatic carbocycles. The summed E-state index contributed by atoms with van der Waals surface area (Å²) in [6.45, 7) is 0.412. The molecule has 6 nitrogen and oxygen atoms in total. The average molecular weight is 419 g/mol. The highest BCUT2D eigenvalue weighted by atomic mass is 35.5. The molecule has 148 valence electrons. The quantitative estimate of drug-likeness (QED) is 0.434. The summed E-state index contributed by atoms with van der Waals surface area (Å²) in [5, 5.41) is 1.42. The van der Waals surface area contributed by atoms with Gasteiger partial charge in [0.2, 0.25) is 0 Å². The smallest absolute Gasteiger partial charge is 0.146 e. The van der Waals surface area contributed by atoms with Gasteiger partial charge in [-0.15, -0.1) is 0 Å². The fourth-order valence-corrected chi connectivity index (χ4v) is 3.66. The van der Waals surface area contributed by atoms with Crippen molar-refractivity contribution in [1.82, 2.24) is 24.5 Å². The van der Waals surface area contributed by atoms with Gasteiger partial charge in [0.15, 0.2) is 0 Å². The van der Waals surface area contributed by atoms with Crippen molar-refractivity contribution in [3.05, 3.63) is 83.9 Å². The molecule has 0 spiro atoms. The number of nitrogens with two attached hydrogens (primary N) is 1. The molecular weight excluding hydrogens is 403 g/mol. The predicted molar refractivity (Wildman–Crippen MR) is 115 cm³/mol. The van der Waals surface area contributed by atoms with Crippen molar-refractivity contribution >= 4 is 28.5 Å². The third-order valence-corrected chi connectivity index (χ3v) is 5.20. The number of hydrogen-bond acceptors (Lipinski definition) is 4. The molecule has 0 bridgehead atoms. The van der Waals surface area contributed by atoms with Gasteiger partial charge in [-0.25, -0.2) is 19.3 Å². The Bertz CT molecular complexity index is 1360. The number of anilines is 1. The molecule has 0 amide bonds. The predicted octanol–water partition coefficient (Wildman–Crippen LogP) is 4.91. The standard InChI is InChI=1S/C22H16ClFN6/c23-14-7-5-13(6-8-14)16-10-30(22-20(16)21(25)27-12-28-22)11-19-26-9-18(29-19)15-3-1-2-4-17(15)24/h1-10,12H,11H2,(H,26,29)(H2,25,27,28). The Labute approximate surface area is 176 Å². The van der Waals surface area contributed by atoms with Gasteiger partial charge in [-0.2, -0.15) is 0 Å². The summed E-state index contributed by atoms with van der Waals surface area (Å²) in [5.41, 5.74) is 9.81. The Hall–Kier alpha value is -3.71. The lowest BCUT2D eigenvalue weighted by Gasteiger charge is -2.03. The van der Waals surface area contributed by atoms with E-state index < -0.39 is 0 Å². The van der Waals surface area contributed by atoms with Crippen LogP contribution in [0.15, 0.2) is 67.3 Å². The van der Waals surface area contributed by atoms with Gasteiger partial charge in [-0.1, -0.05) is 35.9 Å². The van der Waals surface area contributed by atoms with E-state index in [9.17, 15) is 4.39 Å². The van der Waals surface area contributed by atoms with E-state index in [2.05, 4.69) is 19.9 Å². The van der Waals surface area contributed by atoms with Crippen LogP contribution in [0.3, 0.4) is 0 Å². The molecule has 0 unspecified atom stereocenters. The molecule has 3 N–H and O–H groups in total. The van der Waals surface area contributed by atoms with Crippen molar-refractivity contribution in [1.29, 1.82) is 0 Å². The zero-order chi connectivity index (χ0) is 20.7. The molecule has 0 fully saturated rings. The van der Waals surface area contributed by atoms with Gasteiger partial charge >= 0.3 is 0 Å². The Morgan fingerprint density at radius 2 is 1.80 bits per heavy atom. The van der Waals surface area contributed by atoms with Crippen molar-refractivity contribution < 1.29 is 4.39 Å². The summed E-state index contributed by atoms with van der Waals surface area (Å²) in [5.74, 6) is 0.768. The number of fused-ring (bicyclic) bond motifs is 1. The molecule has 0 atom stereocenters. The van der Waals surface area contributed by atoms with Crippen molar-refractivity contribution in [2.24, 2.45) is 0 Å². The fourth-order valence-electron chi connectivity index (χ4n) is 3.54. The van der Waals surface area contributed by atoms with Crippen LogP contribution in [0.2, 0.25) is 5.02 Å². The van der Waals surface area contributed by atoms with Crippen LogP contribution in [0.5, 0.6) is 0 Å². The normalized spacial score (nSPS) is 11.3. The lowest BCUT2D eigenvalue weighted by Crippen LogP contribution is -2.02. The van der Waals surface area contributed by atoms with Gasteiger partial charge in [-0.05, 0) is 29.8 Å². The fraction of sp³-hybridized carbons (Fsp3) is 0.0455. The lowest BCUT2D eigenvalue weighted by molar-refractivity contribution is 0.631. The van der Waals surface area contributed by atoms with Crippen molar-refractivity contribution in [3.8, 4) is 22.4 Å². The molecule has 5 rings (SSSR count). The SMILES string of the molecule is Nc1ncnc2c1c(-c1ccc(Cl)cc1)cn2Cc1ncc(-c2ccccc2F)[nH]1. The number of rotatable bonds is 4. The molecule has 0 saturated carbocycles. The van der Waals surface area contributed by atoms with Crippen LogP contribution in [0.1, 0.15) is 5.82 Å². The first-order valence-corrected chi connectivity index (χ1v) is 9.62. The number of aromatic amines is 1. The molecular formula is C22H16ClFN6. The molecule has 0 aliphatic carbocycles. The zero-order valence-corrected chi connectivity index (χ0v) is 16.4. The Balaban J connectivity index is 1.57. The van der Waals surface area contributed by atoms with Crippen molar-refractivity contribution in [2.75, 3.05) is 5.73 Å². The van der Waals surface area contributed by atoms with E-state index in [0.717, 1.165) is 16.5 Å². The van der Waals surface area contributed by atoms with Gasteiger partial charge < -0.3 is 15.3 Å². The van der Waals surface area contributed by atoms with Crippen LogP contribution in [-0.4, -0.2) is 24.5 Å². The number of nitrogen functional groups attached to an aromatic ring is 1. The largest absolute Gasteiger partial charge is 0.383 e. The van der Waals surface area contributed by atoms with E-state index in [4.69, 9.17) is 17.3 Å². The van der Waals surface area contributed by atoms with Gasteiger partial charge in [-0.3, -0.25) is 0 Å². The van der Waals surface area contributed by atoms with Gasteiger partial charge in [0.05, 0.1) is 23.8 Å². The van der Waals surface area contributed by atoms with Crippen LogP contribution in [-0.2, 0) is 6.54 Å². The third-order valence-electron chi connectivity index (χ3n) is 4.95. The molecule has 30 heavy (non-hydrogen) atoms. The molecule has 3 aromatic heterocycles. The first-order valence-electron chi connectivity index (χ1n) is 9.24. The number of nitrogens with zero attached hydrogens (tertiary/aromatic N) is 4. The van der Waals surface area contributed by atoms with Crippen LogP contribution >= 0.6 is 11.6 Å². The number of halogens is 2. The summed E-state index contributed by atoms with van der Waals surface area (Å²) in [4.78, 5) is 16.2. The number of hydrogen-bond donors (Lipinski definition) is 2. The molecule has 3 heterocycles. The molecule has 5 aromatic rings. The van der Waals surface area contributed by atoms with E-state index >= 15 is 0 Å². The second-order valence-electron chi connectivity index (χ2n) is 6.86. The second-order valence-corrected chi connectivity index (χ2v) is 7.29. The van der Waals surface area contributed by atoms with E-state index in [1.807, 2.05) is 35.0 Å². The van der Waals surface area contributed by atoms with E-state index in [-0.39, 0.29) is 5.82 Å². The number of nitrogens with one attached hydrogen (secondary N) is 1. The third kappa shape index (κ3) is 3.19. The molecule has 8 heteroatoms. The maximum Gasteiger partial charge on any atom is 0.146 e. The number of benzene rings is 2. The van der Waals surface area contributed by atoms with Crippen molar-refractivity contribution in [2.45, 2.75) is 6.54 Å². The van der Waals surface area contributed by atoms with Crippen LogP contribution in [0.4, 0.5) is 10.2 Å². The topological polar surface area (TPSA) is 85.4 Å².